The molecule has 0 fully saturated rings. The van der Waals surface area contributed by atoms with Crippen LogP contribution in [-0.4, -0.2) is 0 Å². The molecule has 1 rings (SSSR count). The Bertz CT molecular complexity index is 479. The number of hydrogen-bond donors (Lipinski definition) is 0. The lowest BCUT2D eigenvalue weighted by atomic mass is 10.00. The summed E-state index contributed by atoms with van der Waals surface area (Å²) in [5, 5.41) is 0. The number of allylic oxidation sites excluding steroid dienone is 5. The molecule has 0 aromatic heterocycles. The lowest BCUT2D eigenvalue weighted by molar-refractivity contribution is -0.137. The Morgan fingerprint density at radius 2 is 1.84 bits per heavy atom. The number of alkyl halides is 3. The van der Waals surface area contributed by atoms with Crippen LogP contribution in [0.4, 0.5) is 13.2 Å². The van der Waals surface area contributed by atoms with Crippen LogP contribution >= 0.6 is 0 Å². The van der Waals surface area contributed by atoms with Gasteiger partial charge in [-0.3, -0.25) is 0 Å². The Balaban J connectivity index is 2.86. The van der Waals surface area contributed by atoms with Gasteiger partial charge in [0.05, 0.1) is 5.56 Å². The fourth-order valence-electron chi connectivity index (χ4n) is 1.65. The second-order valence-corrected chi connectivity index (χ2v) is 4.09. The Kier molecular flexibility index (Phi) is 5.61. The topological polar surface area (TPSA) is 0 Å². The molecule has 0 unspecified atom stereocenters. The van der Waals surface area contributed by atoms with Crippen LogP contribution in [0.5, 0.6) is 0 Å². The number of benzene rings is 1. The van der Waals surface area contributed by atoms with Gasteiger partial charge in [0.25, 0.3) is 0 Å². The normalized spacial score (nSPS) is 12.4. The third-order valence-corrected chi connectivity index (χ3v) is 2.57. The molecule has 0 saturated carbocycles. The standard InChI is InChI=1S/C16H17F3/c1-3-4-5-6-7-10-13(2)14-11-8-9-12-15(14)16(17,18)19/h4-5,7-12H,2-3,6H2,1H3/b5-4-,10-7-. The van der Waals surface area contributed by atoms with Gasteiger partial charge >= 0.3 is 6.18 Å². The van der Waals surface area contributed by atoms with E-state index in [-0.39, 0.29) is 5.56 Å². The van der Waals surface area contributed by atoms with Crippen LogP contribution in [0.2, 0.25) is 0 Å². The molecule has 102 valence electrons. The summed E-state index contributed by atoms with van der Waals surface area (Å²) in [7, 11) is 0. The molecule has 0 heterocycles. The summed E-state index contributed by atoms with van der Waals surface area (Å²) >= 11 is 0. The number of halogens is 3. The predicted octanol–water partition coefficient (Wildman–Crippen LogP) is 5.63. The average molecular weight is 266 g/mol. The molecule has 0 aliphatic carbocycles. The van der Waals surface area contributed by atoms with E-state index in [0.29, 0.717) is 12.0 Å². The summed E-state index contributed by atoms with van der Waals surface area (Å²) in [4.78, 5) is 0. The Morgan fingerprint density at radius 3 is 2.47 bits per heavy atom. The van der Waals surface area contributed by atoms with Gasteiger partial charge in [-0.15, -0.1) is 0 Å². The molecule has 0 aliphatic heterocycles. The molecule has 0 nitrogen and oxygen atoms in total. The van der Waals surface area contributed by atoms with Crippen molar-refractivity contribution in [3.05, 3.63) is 66.3 Å². The number of hydrogen-bond acceptors (Lipinski definition) is 0. The lowest BCUT2D eigenvalue weighted by Gasteiger charge is -2.12. The van der Waals surface area contributed by atoms with E-state index in [1.165, 1.54) is 12.1 Å². The van der Waals surface area contributed by atoms with Crippen molar-refractivity contribution in [3.8, 4) is 0 Å². The van der Waals surface area contributed by atoms with Gasteiger partial charge in [-0.1, -0.05) is 56.0 Å². The molecule has 0 amide bonds. The first-order valence-electron chi connectivity index (χ1n) is 6.14. The molecule has 0 saturated heterocycles. The maximum Gasteiger partial charge on any atom is 0.417 e. The minimum Gasteiger partial charge on any atom is -0.166 e. The van der Waals surface area contributed by atoms with Gasteiger partial charge in [0.15, 0.2) is 0 Å². The smallest absolute Gasteiger partial charge is 0.166 e. The van der Waals surface area contributed by atoms with E-state index >= 15 is 0 Å². The predicted molar refractivity (Wildman–Crippen MR) is 73.7 cm³/mol. The molecule has 0 radical (unpaired) electrons. The second-order valence-electron chi connectivity index (χ2n) is 4.09. The molecule has 1 aromatic carbocycles. The maximum atomic E-state index is 12.8. The van der Waals surface area contributed by atoms with Crippen molar-refractivity contribution < 1.29 is 13.2 Å². The largest absolute Gasteiger partial charge is 0.417 e. The van der Waals surface area contributed by atoms with Crippen molar-refractivity contribution in [2.75, 3.05) is 0 Å². The average Bonchev–Trinajstić information content (AvgIpc) is 2.37. The third-order valence-electron chi connectivity index (χ3n) is 2.57. The Hall–Kier alpha value is -1.77. The van der Waals surface area contributed by atoms with Crippen molar-refractivity contribution in [3.63, 3.8) is 0 Å². The van der Waals surface area contributed by atoms with Crippen LogP contribution in [0.15, 0.2) is 55.1 Å². The van der Waals surface area contributed by atoms with Crippen molar-refractivity contribution in [2.24, 2.45) is 0 Å². The summed E-state index contributed by atoms with van der Waals surface area (Å²) in [6.07, 6.45) is 4.71. The van der Waals surface area contributed by atoms with E-state index in [4.69, 9.17) is 0 Å². The molecule has 0 bridgehead atoms. The van der Waals surface area contributed by atoms with Crippen LogP contribution in [0, 0.1) is 0 Å². The SMILES string of the molecule is C=C(/C=C\C/C=C\CC)c1ccccc1C(F)(F)F. The zero-order chi connectivity index (χ0) is 14.3. The van der Waals surface area contributed by atoms with Gasteiger partial charge in [0.2, 0.25) is 0 Å². The van der Waals surface area contributed by atoms with Gasteiger partial charge in [-0.25, -0.2) is 0 Å². The van der Waals surface area contributed by atoms with Gasteiger partial charge in [0, 0.05) is 0 Å². The molecular weight excluding hydrogens is 249 g/mol. The minimum atomic E-state index is -4.35. The second kappa shape index (κ2) is 6.98. The Morgan fingerprint density at radius 1 is 1.16 bits per heavy atom. The van der Waals surface area contributed by atoms with Crippen LogP contribution in [0.25, 0.3) is 5.57 Å². The summed E-state index contributed by atoms with van der Waals surface area (Å²) in [6.45, 7) is 5.73. The van der Waals surface area contributed by atoms with E-state index in [1.54, 1.807) is 12.1 Å². The van der Waals surface area contributed by atoms with E-state index in [0.717, 1.165) is 12.5 Å². The van der Waals surface area contributed by atoms with E-state index in [2.05, 4.69) is 6.58 Å². The van der Waals surface area contributed by atoms with E-state index < -0.39 is 11.7 Å². The molecule has 1 aromatic rings. The van der Waals surface area contributed by atoms with Gasteiger partial charge in [-0.2, -0.15) is 13.2 Å². The highest BCUT2D eigenvalue weighted by Gasteiger charge is 2.33. The van der Waals surface area contributed by atoms with Gasteiger partial charge < -0.3 is 0 Å². The molecule has 0 N–H and O–H groups in total. The van der Waals surface area contributed by atoms with Crippen molar-refractivity contribution in [2.45, 2.75) is 25.9 Å². The Labute approximate surface area is 112 Å². The molecule has 0 spiro atoms. The molecule has 0 atom stereocenters. The fraction of sp³-hybridized carbons (Fsp3) is 0.250. The quantitative estimate of drug-likeness (QED) is 0.478. The zero-order valence-electron chi connectivity index (χ0n) is 10.9. The summed E-state index contributed by atoms with van der Waals surface area (Å²) in [6, 6.07) is 5.48. The summed E-state index contributed by atoms with van der Waals surface area (Å²) < 4.78 is 38.5. The first-order chi connectivity index (χ1) is 8.96. The van der Waals surface area contributed by atoms with Crippen LogP contribution < -0.4 is 0 Å². The highest BCUT2D eigenvalue weighted by atomic mass is 19.4. The van der Waals surface area contributed by atoms with Crippen molar-refractivity contribution in [1.29, 1.82) is 0 Å². The molecule has 0 aliphatic rings. The van der Waals surface area contributed by atoms with Crippen molar-refractivity contribution in [1.82, 2.24) is 0 Å². The summed E-state index contributed by atoms with van der Waals surface area (Å²) in [5.41, 5.74) is -0.141. The minimum absolute atomic E-state index is 0.130. The fourth-order valence-corrected chi connectivity index (χ4v) is 1.65. The highest BCUT2D eigenvalue weighted by molar-refractivity contribution is 5.74. The molecule has 19 heavy (non-hydrogen) atoms. The van der Waals surface area contributed by atoms with Crippen LogP contribution in [-0.2, 0) is 6.18 Å². The highest BCUT2D eigenvalue weighted by Crippen LogP contribution is 2.34. The van der Waals surface area contributed by atoms with E-state index in [1.807, 2.05) is 25.2 Å². The first kappa shape index (κ1) is 15.3. The molecule has 3 heteroatoms. The van der Waals surface area contributed by atoms with Gasteiger partial charge in [0.1, 0.15) is 0 Å². The number of rotatable bonds is 5. The zero-order valence-corrected chi connectivity index (χ0v) is 10.9. The van der Waals surface area contributed by atoms with E-state index in [9.17, 15) is 13.2 Å². The van der Waals surface area contributed by atoms with Crippen LogP contribution in [0.1, 0.15) is 30.9 Å². The monoisotopic (exact) mass is 266 g/mol. The lowest BCUT2D eigenvalue weighted by Crippen LogP contribution is -2.07. The summed E-state index contributed by atoms with van der Waals surface area (Å²) in [5.74, 6) is 0. The third kappa shape index (κ3) is 4.78. The maximum absolute atomic E-state index is 12.8. The van der Waals surface area contributed by atoms with Gasteiger partial charge in [-0.05, 0) is 30.0 Å². The van der Waals surface area contributed by atoms with Crippen molar-refractivity contribution >= 4 is 5.57 Å². The first-order valence-corrected chi connectivity index (χ1v) is 6.14. The van der Waals surface area contributed by atoms with Crippen LogP contribution in [0.3, 0.4) is 0 Å². The molecular formula is C16H17F3.